The molecule has 3 unspecified atom stereocenters. The Morgan fingerprint density at radius 2 is 0.929 bits per heavy atom. The van der Waals surface area contributed by atoms with Crippen LogP contribution in [0.2, 0.25) is 0 Å². The van der Waals surface area contributed by atoms with Crippen molar-refractivity contribution in [3.05, 3.63) is 122 Å². The molecule has 0 aromatic carbocycles. The van der Waals surface area contributed by atoms with Gasteiger partial charge in [0.25, 0.3) is 0 Å². The van der Waals surface area contributed by atoms with E-state index in [2.05, 4.69) is 111 Å². The second kappa shape index (κ2) is 40.3. The highest BCUT2D eigenvalue weighted by Gasteiger charge is 2.34. The average Bonchev–Trinajstić information content (AvgIpc) is 4.50. The van der Waals surface area contributed by atoms with Crippen LogP contribution in [0, 0.1) is 68.1 Å². The zero-order valence-electron chi connectivity index (χ0n) is 48.9. The van der Waals surface area contributed by atoms with Gasteiger partial charge in [-0.25, -0.2) is 0 Å². The summed E-state index contributed by atoms with van der Waals surface area (Å²) in [5.41, 5.74) is 0. The molecule has 3 heterocycles. The molecular weight excluding hydrogens is 1320 g/mol. The number of aliphatic carboxylic acids is 3. The molecule has 3 saturated carbocycles. The maximum absolute atomic E-state index is 12.2. The minimum absolute atomic E-state index is 0.0892. The van der Waals surface area contributed by atoms with E-state index in [9.17, 15) is 44.7 Å². The summed E-state index contributed by atoms with van der Waals surface area (Å²) in [5.74, 6) is 5.07. The van der Waals surface area contributed by atoms with E-state index in [0.717, 1.165) is 96.9 Å². The molecule has 3 aromatic heterocycles. The van der Waals surface area contributed by atoms with E-state index < -0.39 is 30.1 Å². The molecule has 6 rings (SSSR count). The van der Waals surface area contributed by atoms with Gasteiger partial charge in [0.05, 0.1) is 30.5 Å². The molecule has 84 heavy (non-hydrogen) atoms. The number of aliphatic hydroxyl groups is 5. The number of halogens is 3. The van der Waals surface area contributed by atoms with Crippen LogP contribution in [0.25, 0.3) is 0 Å². The van der Waals surface area contributed by atoms with E-state index in [-0.39, 0.29) is 78.9 Å². The van der Waals surface area contributed by atoms with Gasteiger partial charge in [0.2, 0.25) is 0 Å². The smallest absolute Gasteiger partial charge is 0.303 e. The van der Waals surface area contributed by atoms with Gasteiger partial charge in [-0.3, -0.25) is 19.2 Å². The van der Waals surface area contributed by atoms with Crippen molar-refractivity contribution < 1.29 is 60.0 Å². The van der Waals surface area contributed by atoms with E-state index in [4.69, 9.17) is 15.3 Å². The average molecular weight is 1410 g/mol. The molecule has 0 radical (unpaired) electrons. The first-order valence-corrected chi connectivity index (χ1v) is 34.6. The maximum Gasteiger partial charge on any atom is 0.303 e. The predicted molar refractivity (Wildman–Crippen MR) is 351 cm³/mol. The number of hydrogen-bond donors (Lipinski definition) is 8. The minimum Gasteiger partial charge on any atom is -0.481 e. The van der Waals surface area contributed by atoms with Gasteiger partial charge in [-0.2, -0.15) is 0 Å². The van der Waals surface area contributed by atoms with E-state index in [1.165, 1.54) is 29.3 Å². The monoisotopic (exact) mass is 1410 g/mol. The fraction of sp³-hybridized carbons (Fsp3) is 0.576. The van der Waals surface area contributed by atoms with Gasteiger partial charge in [0.1, 0.15) is 0 Å². The van der Waals surface area contributed by atoms with Crippen LogP contribution >= 0.6 is 81.8 Å². The number of aryl methyl sites for hydroxylation is 6. The first-order valence-electron chi connectivity index (χ1n) is 29.7. The largest absolute Gasteiger partial charge is 0.481 e. The summed E-state index contributed by atoms with van der Waals surface area (Å²) in [5, 5.41) is 77.2. The third-order valence-corrected chi connectivity index (χ3v) is 22.3. The predicted octanol–water partition coefficient (Wildman–Crippen LogP) is 15.4. The molecule has 3 aliphatic carbocycles. The van der Waals surface area contributed by atoms with Crippen molar-refractivity contribution in [3.63, 3.8) is 0 Å². The summed E-state index contributed by atoms with van der Waals surface area (Å²) in [6.45, 7) is 6.22. The molecule has 3 aromatic rings. The topological polar surface area (TPSA) is 230 Å². The lowest BCUT2D eigenvalue weighted by atomic mass is 9.90. The van der Waals surface area contributed by atoms with E-state index >= 15 is 0 Å². The van der Waals surface area contributed by atoms with Crippen molar-refractivity contribution in [2.45, 2.75) is 205 Å². The number of unbranched alkanes of at least 4 members (excludes halogenated alkanes) is 3. The molecule has 0 aliphatic heterocycles. The second-order valence-corrected chi connectivity index (χ2v) is 29.0. The van der Waals surface area contributed by atoms with Crippen molar-refractivity contribution >= 4 is 105 Å². The van der Waals surface area contributed by atoms with E-state index in [1.807, 2.05) is 42.5 Å². The summed E-state index contributed by atoms with van der Waals surface area (Å²) in [7, 11) is 0. The SMILES string of the molecule is Cc1sc(CCC(=O)/C=C/[C@H]2CCC(O)[C@@H]2C/C=C\CCCC(=O)O)cc1Br.Cc1sc(CC[C@H](O)/C=C/[C@H]2CCC(O)[C@@H]2C/C=C\CCCC(=O)O)cc1Br.Cc1sc(CC[C@H](O)/C=C/[C@H]2CCC(O)[C@@H]2CC#CCCCC(=O)O)cc1Br. The van der Waals surface area contributed by atoms with Gasteiger partial charge in [0.15, 0.2) is 5.78 Å². The third kappa shape index (κ3) is 28.7. The lowest BCUT2D eigenvalue weighted by Crippen LogP contribution is -2.18. The van der Waals surface area contributed by atoms with Crippen LogP contribution in [-0.2, 0) is 38.4 Å². The standard InChI is InChI=1S/C22H31BrO4S.2C22H29BrO4S/c3*1-15-20(23)14-18(28-15)12-11-17(24)10-8-16-9-13-21(25)19(16)6-4-2-3-5-7-22(26)27/h2,4,8,10,14,16-17,19,21,24-25H,3,5-7,9,11-13H2,1H3,(H,26,27);8,10,14,16-17,19,21,24-25H,3,5-7,9,11-13H2,1H3,(H,26,27);2,4,8,10,14,16,19,21,25H,3,5-7,9,11-13H2,1H3,(H,26,27)/b4-2-,10-8+;10-8+;4-2-,10-8+/t2*16-,17+,19+,21?;16-,19+,21?/m000/s1. The molecular formula is C66H89Br3O12S3. The molecule has 0 saturated heterocycles. The summed E-state index contributed by atoms with van der Waals surface area (Å²) in [6, 6.07) is 6.33. The number of carbonyl (C=O) groups is 4. The number of aliphatic hydroxyl groups excluding tert-OH is 5. The first kappa shape index (κ1) is 73.2. The van der Waals surface area contributed by atoms with Crippen LogP contribution < -0.4 is 0 Å². The Balaban J connectivity index is 0.000000270. The van der Waals surface area contributed by atoms with Crippen molar-refractivity contribution in [2.24, 2.45) is 35.5 Å². The van der Waals surface area contributed by atoms with Crippen LogP contribution in [0.1, 0.15) is 164 Å². The molecule has 18 heteroatoms. The van der Waals surface area contributed by atoms with Crippen molar-refractivity contribution in [1.82, 2.24) is 0 Å². The fourth-order valence-corrected chi connectivity index (χ4v) is 15.6. The van der Waals surface area contributed by atoms with Crippen LogP contribution in [0.5, 0.6) is 0 Å². The Bertz CT molecular complexity index is 2650. The van der Waals surface area contributed by atoms with Gasteiger partial charge in [-0.1, -0.05) is 54.7 Å². The fourth-order valence-electron chi connectivity index (χ4n) is 10.8. The molecule has 0 spiro atoms. The lowest BCUT2D eigenvalue weighted by Gasteiger charge is -2.18. The Morgan fingerprint density at radius 3 is 1.35 bits per heavy atom. The van der Waals surface area contributed by atoms with Crippen LogP contribution in [0.15, 0.2) is 92.4 Å². The Kier molecular flexibility index (Phi) is 35.1. The Morgan fingerprint density at radius 1 is 0.536 bits per heavy atom. The van der Waals surface area contributed by atoms with Gasteiger partial charge in [0, 0.05) is 87.1 Å². The second-order valence-electron chi connectivity index (χ2n) is 22.4. The normalized spacial score (nSPS) is 23.1. The highest BCUT2D eigenvalue weighted by atomic mass is 79.9. The van der Waals surface area contributed by atoms with Crippen molar-refractivity contribution in [2.75, 3.05) is 0 Å². The Hall–Kier alpha value is -3.32. The maximum atomic E-state index is 12.2. The third-order valence-electron chi connectivity index (χ3n) is 15.8. The number of hydrogen-bond acceptors (Lipinski definition) is 12. The lowest BCUT2D eigenvalue weighted by molar-refractivity contribution is -0.138. The number of rotatable bonds is 31. The summed E-state index contributed by atoms with van der Waals surface area (Å²) < 4.78 is 3.37. The van der Waals surface area contributed by atoms with Gasteiger partial charge >= 0.3 is 17.9 Å². The summed E-state index contributed by atoms with van der Waals surface area (Å²) in [4.78, 5) is 51.2. The molecule has 8 N–H and O–H groups in total. The van der Waals surface area contributed by atoms with E-state index in [0.29, 0.717) is 51.4 Å². The number of thiophene rings is 3. The highest BCUT2D eigenvalue weighted by molar-refractivity contribution is 9.11. The molecule has 464 valence electrons. The Labute approximate surface area is 535 Å². The minimum atomic E-state index is -0.793. The number of carboxylic acid groups (broad SMARTS) is 3. The highest BCUT2D eigenvalue weighted by Crippen LogP contribution is 2.39. The molecule has 11 atom stereocenters. The quantitative estimate of drug-likeness (QED) is 0.0130. The molecule has 12 nitrogen and oxygen atoms in total. The van der Waals surface area contributed by atoms with Gasteiger partial charge in [-0.05, 0) is 238 Å². The van der Waals surface area contributed by atoms with E-state index in [1.54, 1.807) is 40.1 Å². The molecule has 3 aliphatic rings. The zero-order valence-corrected chi connectivity index (χ0v) is 56.1. The first-order chi connectivity index (χ1) is 40.1. The molecule has 3 fully saturated rings. The van der Waals surface area contributed by atoms with Crippen molar-refractivity contribution in [3.8, 4) is 11.8 Å². The van der Waals surface area contributed by atoms with Crippen LogP contribution in [0.3, 0.4) is 0 Å². The summed E-state index contributed by atoms with van der Waals surface area (Å²) >= 11 is 15.8. The number of carboxylic acids is 3. The number of allylic oxidation sites excluding steroid dienone is 8. The molecule has 0 amide bonds. The zero-order chi connectivity index (χ0) is 61.6. The van der Waals surface area contributed by atoms with Crippen LogP contribution in [-0.4, -0.2) is 95.1 Å². The van der Waals surface area contributed by atoms with Gasteiger partial charge in [-0.15, -0.1) is 45.9 Å². The summed E-state index contributed by atoms with van der Waals surface area (Å²) in [6.07, 6.45) is 33.8. The number of ketones is 1. The number of carbonyl (C=O) groups excluding carboxylic acids is 1. The van der Waals surface area contributed by atoms with Crippen LogP contribution in [0.4, 0.5) is 0 Å². The molecule has 0 bridgehead atoms. The van der Waals surface area contributed by atoms with Gasteiger partial charge < -0.3 is 40.9 Å². The van der Waals surface area contributed by atoms with Crippen molar-refractivity contribution in [1.29, 1.82) is 0 Å².